The van der Waals surface area contributed by atoms with Crippen molar-refractivity contribution in [3.63, 3.8) is 0 Å². The van der Waals surface area contributed by atoms with Gasteiger partial charge >= 0.3 is 12.4 Å². The number of nitrogens with one attached hydrogen (secondary N) is 1. The first kappa shape index (κ1) is 16.8. The lowest BCUT2D eigenvalue weighted by Gasteiger charge is -2.07. The van der Waals surface area contributed by atoms with Crippen LogP contribution in [0.1, 0.15) is 16.7 Å². The molecule has 1 heterocycles. The Kier molecular flexibility index (Phi) is 4.57. The zero-order valence-corrected chi connectivity index (χ0v) is 11.3. The molecule has 0 saturated heterocycles. The van der Waals surface area contributed by atoms with Crippen LogP contribution in [0.3, 0.4) is 0 Å². The Hall–Kier alpha value is -2.58. The van der Waals surface area contributed by atoms with E-state index in [9.17, 15) is 26.3 Å². The zero-order valence-electron chi connectivity index (χ0n) is 11.3. The molecular weight excluding hydrogens is 324 g/mol. The second kappa shape index (κ2) is 6.27. The number of rotatable bonds is 3. The first-order chi connectivity index (χ1) is 10.7. The van der Waals surface area contributed by atoms with Crippen molar-refractivity contribution < 1.29 is 26.3 Å². The first-order valence-corrected chi connectivity index (χ1v) is 6.16. The minimum atomic E-state index is -4.49. The van der Waals surface area contributed by atoms with Gasteiger partial charge in [0.15, 0.2) is 0 Å². The third kappa shape index (κ3) is 4.70. The highest BCUT2D eigenvalue weighted by Gasteiger charge is 2.31. The van der Waals surface area contributed by atoms with Crippen molar-refractivity contribution in [3.05, 3.63) is 59.3 Å². The lowest BCUT2D eigenvalue weighted by atomic mass is 10.1. The maximum Gasteiger partial charge on any atom is 0.417 e. The quantitative estimate of drug-likeness (QED) is 0.508. The summed E-state index contributed by atoms with van der Waals surface area (Å²) < 4.78 is 74.6. The number of aromatic nitrogens is 1. The smallest absolute Gasteiger partial charge is 0.261 e. The lowest BCUT2D eigenvalue weighted by Crippen LogP contribution is -2.06. The van der Waals surface area contributed by atoms with Crippen LogP contribution < -0.4 is 5.43 Å². The SMILES string of the molecule is FC(F)(F)c1ccc(N/N=C\c2cccc(C(F)(F)F)c2)nc1. The summed E-state index contributed by atoms with van der Waals surface area (Å²) in [5.74, 6) is 0.0289. The summed E-state index contributed by atoms with van der Waals surface area (Å²) in [6.07, 6.45) is -7.23. The predicted molar refractivity (Wildman–Crippen MR) is 71.9 cm³/mol. The highest BCUT2D eigenvalue weighted by Crippen LogP contribution is 2.30. The van der Waals surface area contributed by atoms with E-state index in [1.54, 1.807) is 0 Å². The molecule has 0 aliphatic rings. The molecule has 1 aromatic carbocycles. The second-order valence-electron chi connectivity index (χ2n) is 4.42. The number of halogens is 6. The van der Waals surface area contributed by atoms with Gasteiger partial charge in [0.1, 0.15) is 5.82 Å². The van der Waals surface area contributed by atoms with Gasteiger partial charge in [0.2, 0.25) is 0 Å². The van der Waals surface area contributed by atoms with Gasteiger partial charge in [-0.05, 0) is 29.8 Å². The van der Waals surface area contributed by atoms with Crippen LogP contribution in [0, 0.1) is 0 Å². The largest absolute Gasteiger partial charge is 0.417 e. The highest BCUT2D eigenvalue weighted by molar-refractivity contribution is 5.80. The highest BCUT2D eigenvalue weighted by atomic mass is 19.4. The van der Waals surface area contributed by atoms with E-state index in [1.807, 2.05) is 0 Å². The van der Waals surface area contributed by atoms with Crippen LogP contribution in [0.25, 0.3) is 0 Å². The van der Waals surface area contributed by atoms with Gasteiger partial charge in [-0.1, -0.05) is 12.1 Å². The number of anilines is 1. The standard InChI is InChI=1S/C14H9F6N3/c15-13(16,17)10-3-1-2-9(6-10)7-22-23-12-5-4-11(8-21-12)14(18,19)20/h1-8H,(H,21,23)/b22-7-. The van der Waals surface area contributed by atoms with Crippen molar-refractivity contribution >= 4 is 12.0 Å². The van der Waals surface area contributed by atoms with Crippen molar-refractivity contribution in [2.75, 3.05) is 5.43 Å². The minimum absolute atomic E-state index is 0.0289. The van der Waals surface area contributed by atoms with Crippen LogP contribution in [0.15, 0.2) is 47.7 Å². The molecule has 0 radical (unpaired) electrons. The molecular formula is C14H9F6N3. The average Bonchev–Trinajstić information content (AvgIpc) is 2.46. The molecule has 23 heavy (non-hydrogen) atoms. The monoisotopic (exact) mass is 333 g/mol. The van der Waals surface area contributed by atoms with Gasteiger partial charge in [-0.15, -0.1) is 0 Å². The number of hydrazone groups is 1. The van der Waals surface area contributed by atoms with Crippen LogP contribution in [-0.2, 0) is 12.4 Å². The number of alkyl halides is 6. The number of benzene rings is 1. The molecule has 122 valence electrons. The fourth-order valence-electron chi connectivity index (χ4n) is 1.60. The molecule has 0 amide bonds. The van der Waals surface area contributed by atoms with Crippen LogP contribution in [0.5, 0.6) is 0 Å². The Bertz CT molecular complexity index is 689. The van der Waals surface area contributed by atoms with E-state index in [1.165, 1.54) is 12.1 Å². The average molecular weight is 333 g/mol. The van der Waals surface area contributed by atoms with Gasteiger partial charge in [0.05, 0.1) is 17.3 Å². The van der Waals surface area contributed by atoms with Gasteiger partial charge in [-0.25, -0.2) is 4.98 Å². The van der Waals surface area contributed by atoms with Crippen LogP contribution in [-0.4, -0.2) is 11.2 Å². The van der Waals surface area contributed by atoms with Crippen LogP contribution >= 0.6 is 0 Å². The Labute approximate surface area is 126 Å². The summed E-state index contributed by atoms with van der Waals surface area (Å²) in [4.78, 5) is 3.51. The van der Waals surface area contributed by atoms with E-state index >= 15 is 0 Å². The summed E-state index contributed by atoms with van der Waals surface area (Å²) in [5.41, 5.74) is 0.783. The van der Waals surface area contributed by atoms with Crippen molar-refractivity contribution in [1.82, 2.24) is 4.98 Å². The van der Waals surface area contributed by atoms with Crippen molar-refractivity contribution in [2.24, 2.45) is 5.10 Å². The molecule has 0 spiro atoms. The summed E-state index contributed by atoms with van der Waals surface area (Å²) >= 11 is 0. The van der Waals surface area contributed by atoms with E-state index in [0.29, 0.717) is 6.20 Å². The van der Waals surface area contributed by atoms with Crippen LogP contribution in [0.4, 0.5) is 32.2 Å². The molecule has 0 aliphatic heterocycles. The molecule has 2 aromatic rings. The fourth-order valence-corrected chi connectivity index (χ4v) is 1.60. The topological polar surface area (TPSA) is 37.3 Å². The third-order valence-corrected chi connectivity index (χ3v) is 2.70. The Morgan fingerprint density at radius 2 is 1.61 bits per heavy atom. The number of hydrogen-bond donors (Lipinski definition) is 1. The Morgan fingerprint density at radius 1 is 0.913 bits per heavy atom. The number of pyridine rings is 1. The van der Waals surface area contributed by atoms with E-state index in [-0.39, 0.29) is 11.4 Å². The summed E-state index contributed by atoms with van der Waals surface area (Å²) in [5, 5.41) is 3.64. The normalized spacial score (nSPS) is 12.6. The maximum atomic E-state index is 12.5. The lowest BCUT2D eigenvalue weighted by molar-refractivity contribution is -0.138. The Balaban J connectivity index is 2.05. The molecule has 9 heteroatoms. The molecule has 1 N–H and O–H groups in total. The molecule has 0 aliphatic carbocycles. The predicted octanol–water partition coefficient (Wildman–Crippen LogP) is 4.57. The summed E-state index contributed by atoms with van der Waals surface area (Å²) in [7, 11) is 0. The Morgan fingerprint density at radius 3 is 2.17 bits per heavy atom. The van der Waals surface area contributed by atoms with E-state index in [2.05, 4.69) is 15.5 Å². The molecule has 0 unspecified atom stereocenters. The van der Waals surface area contributed by atoms with Gasteiger partial charge in [0, 0.05) is 6.20 Å². The van der Waals surface area contributed by atoms with Crippen molar-refractivity contribution in [1.29, 1.82) is 0 Å². The first-order valence-electron chi connectivity index (χ1n) is 6.16. The summed E-state index contributed by atoms with van der Waals surface area (Å²) in [6.45, 7) is 0. The molecule has 0 bridgehead atoms. The minimum Gasteiger partial charge on any atom is -0.261 e. The van der Waals surface area contributed by atoms with E-state index in [4.69, 9.17) is 0 Å². The molecule has 3 nitrogen and oxygen atoms in total. The molecule has 2 rings (SSSR count). The summed E-state index contributed by atoms with van der Waals surface area (Å²) in [6, 6.07) is 6.32. The molecule has 0 saturated carbocycles. The van der Waals surface area contributed by atoms with Gasteiger partial charge in [0.25, 0.3) is 0 Å². The van der Waals surface area contributed by atoms with E-state index in [0.717, 1.165) is 30.5 Å². The number of nitrogens with zero attached hydrogens (tertiary/aromatic N) is 2. The number of hydrogen-bond acceptors (Lipinski definition) is 3. The molecule has 1 aromatic heterocycles. The van der Waals surface area contributed by atoms with Crippen LogP contribution in [0.2, 0.25) is 0 Å². The molecule has 0 atom stereocenters. The maximum absolute atomic E-state index is 12.5. The zero-order chi connectivity index (χ0) is 17.1. The van der Waals surface area contributed by atoms with Gasteiger partial charge in [-0.2, -0.15) is 31.4 Å². The third-order valence-electron chi connectivity index (χ3n) is 2.70. The van der Waals surface area contributed by atoms with Crippen molar-refractivity contribution in [2.45, 2.75) is 12.4 Å². The second-order valence-corrected chi connectivity index (χ2v) is 4.42. The molecule has 0 fully saturated rings. The van der Waals surface area contributed by atoms with Gasteiger partial charge < -0.3 is 0 Å². The van der Waals surface area contributed by atoms with E-state index < -0.39 is 23.5 Å². The van der Waals surface area contributed by atoms with Crippen molar-refractivity contribution in [3.8, 4) is 0 Å². The van der Waals surface area contributed by atoms with Gasteiger partial charge in [-0.3, -0.25) is 5.43 Å². The fraction of sp³-hybridized carbons (Fsp3) is 0.143.